The molecule has 5 nitrogen and oxygen atoms in total. The Balaban J connectivity index is 1.77. The molecule has 0 spiro atoms. The zero-order valence-electron chi connectivity index (χ0n) is 13.7. The van der Waals surface area contributed by atoms with E-state index in [9.17, 15) is 9.59 Å². The number of amides is 1. The zero-order valence-corrected chi connectivity index (χ0v) is 13.7. The van der Waals surface area contributed by atoms with Crippen molar-refractivity contribution in [1.82, 2.24) is 10.3 Å². The van der Waals surface area contributed by atoms with Gasteiger partial charge in [0.05, 0.1) is 5.41 Å². The highest BCUT2D eigenvalue weighted by Crippen LogP contribution is 2.45. The van der Waals surface area contributed by atoms with Crippen LogP contribution in [-0.2, 0) is 10.2 Å². The van der Waals surface area contributed by atoms with E-state index < -0.39 is 11.4 Å². The third-order valence-corrected chi connectivity index (χ3v) is 4.63. The number of carboxylic acids is 1. The Bertz CT molecular complexity index is 779. The lowest BCUT2D eigenvalue weighted by molar-refractivity contribution is -0.143. The number of carboxylic acid groups (broad SMARTS) is 1. The monoisotopic (exact) mass is 314 g/mol. The fraction of sp³-hybridized carbons (Fsp3) is 0.444. The number of hydrogen-bond donors (Lipinski definition) is 3. The highest BCUT2D eigenvalue weighted by Gasteiger charge is 2.50. The number of H-pyrrole nitrogens is 1. The molecule has 2 aromatic rings. The minimum Gasteiger partial charge on any atom is -0.481 e. The number of carbonyl (C=O) groups excluding carboxylic acids is 1. The molecule has 1 amide bonds. The molecule has 1 saturated carbocycles. The second-order valence-electron chi connectivity index (χ2n) is 7.50. The molecule has 122 valence electrons. The van der Waals surface area contributed by atoms with Crippen LogP contribution in [0.4, 0.5) is 0 Å². The van der Waals surface area contributed by atoms with Gasteiger partial charge < -0.3 is 15.4 Å². The molecule has 23 heavy (non-hydrogen) atoms. The minimum absolute atomic E-state index is 0.0432. The molecule has 3 N–H and O–H groups in total. The Morgan fingerprint density at radius 3 is 2.52 bits per heavy atom. The first-order chi connectivity index (χ1) is 10.7. The standard InChI is InChI=1S/C18H22N2O3/c1-17(2,3)12-5-4-11-8-14(20-13(11)9-12)15(21)19-10-18(6-7-18)16(22)23/h4-5,8-9,20H,6-7,10H2,1-3H3,(H,19,21)(H,22,23). The summed E-state index contributed by atoms with van der Waals surface area (Å²) in [5, 5.41) is 12.9. The molecule has 0 unspecified atom stereocenters. The fourth-order valence-electron chi connectivity index (χ4n) is 2.68. The van der Waals surface area contributed by atoms with Crippen LogP contribution in [0.3, 0.4) is 0 Å². The average Bonchev–Trinajstić information content (AvgIpc) is 3.15. The normalized spacial score (nSPS) is 16.3. The summed E-state index contributed by atoms with van der Waals surface area (Å²) in [6.45, 7) is 6.62. The quantitative estimate of drug-likeness (QED) is 0.811. The first-order valence-corrected chi connectivity index (χ1v) is 7.86. The van der Waals surface area contributed by atoms with Crippen molar-refractivity contribution in [2.24, 2.45) is 5.41 Å². The van der Waals surface area contributed by atoms with Crippen molar-refractivity contribution in [3.63, 3.8) is 0 Å². The van der Waals surface area contributed by atoms with Gasteiger partial charge in [-0.15, -0.1) is 0 Å². The van der Waals surface area contributed by atoms with Crippen LogP contribution in [0, 0.1) is 5.41 Å². The Morgan fingerprint density at radius 2 is 1.96 bits per heavy atom. The van der Waals surface area contributed by atoms with Crippen LogP contribution < -0.4 is 5.32 Å². The van der Waals surface area contributed by atoms with Crippen molar-refractivity contribution in [3.8, 4) is 0 Å². The summed E-state index contributed by atoms with van der Waals surface area (Å²) in [5.41, 5.74) is 1.87. The van der Waals surface area contributed by atoms with Gasteiger partial charge in [-0.05, 0) is 36.0 Å². The van der Waals surface area contributed by atoms with E-state index in [0.717, 1.165) is 10.9 Å². The Morgan fingerprint density at radius 1 is 1.26 bits per heavy atom. The number of aliphatic carboxylic acids is 1. The molecule has 0 atom stereocenters. The van der Waals surface area contributed by atoms with Crippen LogP contribution >= 0.6 is 0 Å². The predicted octanol–water partition coefficient (Wildman–Crippen LogP) is 3.06. The molecule has 3 rings (SSSR count). The Hall–Kier alpha value is -2.30. The first kappa shape index (κ1) is 15.6. The fourth-order valence-corrected chi connectivity index (χ4v) is 2.68. The molecule has 1 heterocycles. The summed E-state index contributed by atoms with van der Waals surface area (Å²) in [5.74, 6) is -1.09. The van der Waals surface area contributed by atoms with Gasteiger partial charge in [-0.2, -0.15) is 0 Å². The number of rotatable bonds is 4. The smallest absolute Gasteiger partial charge is 0.311 e. The van der Waals surface area contributed by atoms with Crippen molar-refractivity contribution in [2.75, 3.05) is 6.54 Å². The Kier molecular flexibility index (Phi) is 3.47. The van der Waals surface area contributed by atoms with Gasteiger partial charge in [0, 0.05) is 17.4 Å². The van der Waals surface area contributed by atoms with Crippen LogP contribution in [0.5, 0.6) is 0 Å². The molecular weight excluding hydrogens is 292 g/mol. The molecule has 1 aromatic carbocycles. The lowest BCUT2D eigenvalue weighted by Gasteiger charge is -2.18. The molecule has 1 aromatic heterocycles. The van der Waals surface area contributed by atoms with Crippen LogP contribution in [0.2, 0.25) is 0 Å². The lowest BCUT2D eigenvalue weighted by atomic mass is 9.87. The summed E-state index contributed by atoms with van der Waals surface area (Å²) in [7, 11) is 0. The van der Waals surface area contributed by atoms with E-state index in [0.29, 0.717) is 18.5 Å². The Labute approximate surface area is 135 Å². The number of carbonyl (C=O) groups is 2. The molecule has 0 aliphatic heterocycles. The van der Waals surface area contributed by atoms with Crippen LogP contribution in [-0.4, -0.2) is 28.5 Å². The van der Waals surface area contributed by atoms with Crippen LogP contribution in [0.25, 0.3) is 10.9 Å². The molecule has 1 aliphatic carbocycles. The van der Waals surface area contributed by atoms with Gasteiger partial charge in [-0.25, -0.2) is 0 Å². The van der Waals surface area contributed by atoms with E-state index in [4.69, 9.17) is 5.11 Å². The molecule has 0 saturated heterocycles. The number of nitrogens with one attached hydrogen (secondary N) is 2. The topological polar surface area (TPSA) is 82.2 Å². The maximum Gasteiger partial charge on any atom is 0.311 e. The zero-order chi connectivity index (χ0) is 16.8. The average molecular weight is 314 g/mol. The van der Waals surface area contributed by atoms with Gasteiger partial charge in [0.2, 0.25) is 0 Å². The van der Waals surface area contributed by atoms with E-state index in [1.165, 1.54) is 5.56 Å². The molecular formula is C18H22N2O3. The van der Waals surface area contributed by atoms with Gasteiger partial charge >= 0.3 is 5.97 Å². The SMILES string of the molecule is CC(C)(C)c1ccc2cc(C(=O)NCC3(C(=O)O)CC3)[nH]c2c1. The van der Waals surface area contributed by atoms with Gasteiger partial charge in [-0.1, -0.05) is 32.9 Å². The van der Waals surface area contributed by atoms with E-state index in [2.05, 4.69) is 43.2 Å². The number of aromatic nitrogens is 1. The number of benzene rings is 1. The van der Waals surface area contributed by atoms with E-state index in [-0.39, 0.29) is 17.9 Å². The molecule has 5 heteroatoms. The summed E-state index contributed by atoms with van der Waals surface area (Å²) < 4.78 is 0. The van der Waals surface area contributed by atoms with E-state index in [1.54, 1.807) is 6.07 Å². The maximum atomic E-state index is 12.3. The summed E-state index contributed by atoms with van der Waals surface area (Å²) >= 11 is 0. The number of hydrogen-bond acceptors (Lipinski definition) is 2. The predicted molar refractivity (Wildman–Crippen MR) is 88.6 cm³/mol. The van der Waals surface area contributed by atoms with Gasteiger partial charge in [0.1, 0.15) is 5.69 Å². The van der Waals surface area contributed by atoms with Crippen LogP contribution in [0.15, 0.2) is 24.3 Å². The highest BCUT2D eigenvalue weighted by atomic mass is 16.4. The summed E-state index contributed by atoms with van der Waals surface area (Å²) in [6.07, 6.45) is 1.26. The number of aromatic amines is 1. The third kappa shape index (κ3) is 2.96. The van der Waals surface area contributed by atoms with Gasteiger partial charge in [-0.3, -0.25) is 9.59 Å². The second kappa shape index (κ2) is 5.11. The summed E-state index contributed by atoms with van der Waals surface area (Å²) in [6, 6.07) is 7.94. The first-order valence-electron chi connectivity index (χ1n) is 7.86. The second-order valence-corrected chi connectivity index (χ2v) is 7.50. The van der Waals surface area contributed by atoms with Gasteiger partial charge in [0.25, 0.3) is 5.91 Å². The van der Waals surface area contributed by atoms with Crippen molar-refractivity contribution >= 4 is 22.8 Å². The van der Waals surface area contributed by atoms with Crippen molar-refractivity contribution in [1.29, 1.82) is 0 Å². The lowest BCUT2D eigenvalue weighted by Crippen LogP contribution is -2.34. The highest BCUT2D eigenvalue weighted by molar-refractivity contribution is 5.98. The van der Waals surface area contributed by atoms with E-state index >= 15 is 0 Å². The van der Waals surface area contributed by atoms with Crippen molar-refractivity contribution in [3.05, 3.63) is 35.5 Å². The van der Waals surface area contributed by atoms with Crippen molar-refractivity contribution < 1.29 is 14.7 Å². The molecule has 1 aliphatic rings. The van der Waals surface area contributed by atoms with E-state index in [1.807, 2.05) is 6.07 Å². The molecule has 0 radical (unpaired) electrons. The molecule has 0 bridgehead atoms. The molecule has 1 fully saturated rings. The third-order valence-electron chi connectivity index (χ3n) is 4.63. The summed E-state index contributed by atoms with van der Waals surface area (Å²) in [4.78, 5) is 26.5. The number of fused-ring (bicyclic) bond motifs is 1. The largest absolute Gasteiger partial charge is 0.481 e. The van der Waals surface area contributed by atoms with Crippen molar-refractivity contribution in [2.45, 2.75) is 39.0 Å². The van der Waals surface area contributed by atoms with Crippen LogP contribution in [0.1, 0.15) is 49.7 Å². The maximum absolute atomic E-state index is 12.3. The minimum atomic E-state index is -0.829. The van der Waals surface area contributed by atoms with Gasteiger partial charge in [0.15, 0.2) is 0 Å².